The van der Waals surface area contributed by atoms with Crippen molar-refractivity contribution >= 4 is 17.3 Å². The van der Waals surface area contributed by atoms with Crippen molar-refractivity contribution in [2.75, 3.05) is 5.32 Å². The van der Waals surface area contributed by atoms with Crippen molar-refractivity contribution in [1.82, 2.24) is 5.06 Å². The molecule has 1 atom stereocenters. The molecule has 2 heterocycles. The third-order valence-corrected chi connectivity index (χ3v) is 4.48. The van der Waals surface area contributed by atoms with Crippen LogP contribution in [0, 0.1) is 17.0 Å². The monoisotopic (exact) mass is 365 g/mol. The summed E-state index contributed by atoms with van der Waals surface area (Å²) in [5, 5.41) is 24.8. The van der Waals surface area contributed by atoms with Crippen LogP contribution in [0.15, 0.2) is 59.0 Å². The molecule has 1 aliphatic rings. The molecule has 8 heteroatoms. The van der Waals surface area contributed by atoms with E-state index in [1.165, 1.54) is 12.1 Å². The molecule has 0 unspecified atom stereocenters. The van der Waals surface area contributed by atoms with Crippen molar-refractivity contribution in [2.45, 2.75) is 13.1 Å². The Kier molecular flexibility index (Phi) is 3.89. The predicted molar refractivity (Wildman–Crippen MR) is 96.3 cm³/mol. The van der Waals surface area contributed by atoms with Gasteiger partial charge in [0.25, 0.3) is 11.6 Å². The summed E-state index contributed by atoms with van der Waals surface area (Å²) in [4.78, 5) is 22.8. The molecule has 0 spiro atoms. The Morgan fingerprint density at radius 3 is 2.67 bits per heavy atom. The first-order chi connectivity index (χ1) is 13.0. The zero-order valence-electron chi connectivity index (χ0n) is 14.2. The fourth-order valence-corrected chi connectivity index (χ4v) is 3.12. The molecule has 4 rings (SSSR count). The van der Waals surface area contributed by atoms with Crippen LogP contribution in [-0.2, 0) is 0 Å². The van der Waals surface area contributed by atoms with Crippen LogP contribution < -0.4 is 5.32 Å². The SMILES string of the molecule is Cc1cc([N+](=O)[O-])ccc1-c1ccc([C@@H]2Nc3ccccc3C(=O)N2O)o1. The number of aryl methyl sites for hydroxylation is 1. The van der Waals surface area contributed by atoms with Gasteiger partial charge in [-0.2, -0.15) is 5.06 Å². The van der Waals surface area contributed by atoms with Crippen molar-refractivity contribution in [3.63, 3.8) is 0 Å². The normalized spacial score (nSPS) is 16.0. The molecule has 1 aromatic heterocycles. The van der Waals surface area contributed by atoms with Crippen molar-refractivity contribution < 1.29 is 19.3 Å². The predicted octanol–water partition coefficient (Wildman–Crippen LogP) is 4.12. The molecule has 2 N–H and O–H groups in total. The third-order valence-electron chi connectivity index (χ3n) is 4.48. The fourth-order valence-electron chi connectivity index (χ4n) is 3.12. The quantitative estimate of drug-likeness (QED) is 0.410. The molecule has 136 valence electrons. The number of nitro benzene ring substituents is 1. The Hall–Kier alpha value is -3.65. The minimum absolute atomic E-state index is 0.000661. The van der Waals surface area contributed by atoms with Crippen molar-refractivity contribution in [1.29, 1.82) is 0 Å². The van der Waals surface area contributed by atoms with Gasteiger partial charge in [-0.05, 0) is 42.8 Å². The number of non-ortho nitro benzene ring substituents is 1. The topological polar surface area (TPSA) is 109 Å². The number of furan rings is 1. The number of fused-ring (bicyclic) bond motifs is 1. The first kappa shape index (κ1) is 16.8. The first-order valence-electron chi connectivity index (χ1n) is 8.19. The number of nitrogens with one attached hydrogen (secondary N) is 1. The van der Waals surface area contributed by atoms with E-state index in [1.54, 1.807) is 49.4 Å². The van der Waals surface area contributed by atoms with Gasteiger partial charge in [-0.1, -0.05) is 12.1 Å². The van der Waals surface area contributed by atoms with Gasteiger partial charge < -0.3 is 9.73 Å². The maximum absolute atomic E-state index is 12.4. The standard InChI is InChI=1S/C19H15N3O5/c1-11-10-12(22(25)26)6-7-13(11)16-8-9-17(27-16)18-20-15-5-3-2-4-14(15)19(23)21(18)24/h2-10,18,20,24H,1H3/t18-/m1/s1. The number of hydrogen-bond donors (Lipinski definition) is 2. The van der Waals surface area contributed by atoms with Gasteiger partial charge in [0.1, 0.15) is 11.5 Å². The van der Waals surface area contributed by atoms with Crippen LogP contribution in [0.2, 0.25) is 0 Å². The second kappa shape index (κ2) is 6.26. The van der Waals surface area contributed by atoms with Gasteiger partial charge in [-0.25, -0.2) is 0 Å². The molecule has 27 heavy (non-hydrogen) atoms. The van der Waals surface area contributed by atoms with E-state index in [0.29, 0.717) is 39.0 Å². The molecule has 1 aliphatic heterocycles. The first-order valence-corrected chi connectivity index (χ1v) is 8.19. The summed E-state index contributed by atoms with van der Waals surface area (Å²) in [6.07, 6.45) is -0.875. The molecular weight excluding hydrogens is 350 g/mol. The van der Waals surface area contributed by atoms with Crippen molar-refractivity contribution in [3.8, 4) is 11.3 Å². The van der Waals surface area contributed by atoms with E-state index >= 15 is 0 Å². The molecule has 0 radical (unpaired) electrons. The Morgan fingerprint density at radius 1 is 1.15 bits per heavy atom. The lowest BCUT2D eigenvalue weighted by atomic mass is 10.1. The smallest absolute Gasteiger partial charge is 0.281 e. The number of amides is 1. The van der Waals surface area contributed by atoms with Crippen LogP contribution in [0.25, 0.3) is 11.3 Å². The number of nitro groups is 1. The van der Waals surface area contributed by atoms with E-state index in [-0.39, 0.29) is 5.69 Å². The van der Waals surface area contributed by atoms with E-state index in [1.807, 2.05) is 0 Å². The van der Waals surface area contributed by atoms with E-state index in [9.17, 15) is 20.1 Å². The third kappa shape index (κ3) is 2.81. The molecule has 3 aromatic rings. The molecule has 0 bridgehead atoms. The average Bonchev–Trinajstić information content (AvgIpc) is 3.14. The highest BCUT2D eigenvalue weighted by Gasteiger charge is 2.34. The van der Waals surface area contributed by atoms with Gasteiger partial charge in [-0.3, -0.25) is 20.1 Å². The zero-order valence-corrected chi connectivity index (χ0v) is 14.2. The number of nitrogens with zero attached hydrogens (tertiary/aromatic N) is 2. The summed E-state index contributed by atoms with van der Waals surface area (Å²) in [7, 11) is 0. The van der Waals surface area contributed by atoms with Crippen molar-refractivity contribution in [3.05, 3.63) is 81.6 Å². The summed E-state index contributed by atoms with van der Waals surface area (Å²) < 4.78 is 5.84. The molecule has 1 amide bonds. The van der Waals surface area contributed by atoms with Gasteiger partial charge in [0, 0.05) is 23.4 Å². The second-order valence-electron chi connectivity index (χ2n) is 6.20. The van der Waals surface area contributed by atoms with Gasteiger partial charge in [0.15, 0.2) is 6.17 Å². The minimum Gasteiger partial charge on any atom is -0.457 e. The molecule has 2 aromatic carbocycles. The van der Waals surface area contributed by atoms with E-state index in [0.717, 1.165) is 0 Å². The number of carbonyl (C=O) groups is 1. The lowest BCUT2D eigenvalue weighted by Crippen LogP contribution is -2.40. The minimum atomic E-state index is -0.875. The van der Waals surface area contributed by atoms with Crippen molar-refractivity contribution in [2.24, 2.45) is 0 Å². The molecular formula is C19H15N3O5. The Labute approximate surface area is 153 Å². The van der Waals surface area contributed by atoms with Crippen LogP contribution >= 0.6 is 0 Å². The second-order valence-corrected chi connectivity index (χ2v) is 6.20. The molecule has 0 saturated carbocycles. The van der Waals surface area contributed by atoms with Crippen LogP contribution in [-0.4, -0.2) is 21.1 Å². The lowest BCUT2D eigenvalue weighted by molar-refractivity contribution is -0.384. The number of rotatable bonds is 3. The van der Waals surface area contributed by atoms with Gasteiger partial charge in [0.2, 0.25) is 0 Å². The Balaban J connectivity index is 1.67. The average molecular weight is 365 g/mol. The van der Waals surface area contributed by atoms with E-state index in [4.69, 9.17) is 4.42 Å². The summed E-state index contributed by atoms with van der Waals surface area (Å²) >= 11 is 0. The van der Waals surface area contributed by atoms with Crippen LogP contribution in [0.5, 0.6) is 0 Å². The maximum Gasteiger partial charge on any atom is 0.281 e. The number of hydrogen-bond acceptors (Lipinski definition) is 6. The van der Waals surface area contributed by atoms with E-state index < -0.39 is 17.0 Å². The molecule has 8 nitrogen and oxygen atoms in total. The zero-order chi connectivity index (χ0) is 19.1. The van der Waals surface area contributed by atoms with Gasteiger partial charge in [0.05, 0.1) is 10.5 Å². The highest BCUT2D eigenvalue weighted by molar-refractivity contribution is 6.00. The highest BCUT2D eigenvalue weighted by atomic mass is 16.6. The number of anilines is 1. The van der Waals surface area contributed by atoms with Crippen LogP contribution in [0.1, 0.15) is 27.8 Å². The number of carbonyl (C=O) groups excluding carboxylic acids is 1. The summed E-state index contributed by atoms with van der Waals surface area (Å²) in [5.41, 5.74) is 2.35. The maximum atomic E-state index is 12.4. The lowest BCUT2D eigenvalue weighted by Gasteiger charge is -2.31. The number of para-hydroxylation sites is 1. The van der Waals surface area contributed by atoms with Gasteiger partial charge >= 0.3 is 0 Å². The van der Waals surface area contributed by atoms with Crippen LogP contribution in [0.3, 0.4) is 0 Å². The fraction of sp³-hybridized carbons (Fsp3) is 0.105. The summed E-state index contributed by atoms with van der Waals surface area (Å²) in [5.74, 6) is 0.297. The Morgan fingerprint density at radius 2 is 1.93 bits per heavy atom. The highest BCUT2D eigenvalue weighted by Crippen LogP contribution is 2.35. The largest absolute Gasteiger partial charge is 0.457 e. The van der Waals surface area contributed by atoms with Crippen LogP contribution in [0.4, 0.5) is 11.4 Å². The molecule has 0 saturated heterocycles. The van der Waals surface area contributed by atoms with Gasteiger partial charge in [-0.15, -0.1) is 0 Å². The number of hydroxylamine groups is 2. The number of benzene rings is 2. The summed E-state index contributed by atoms with van der Waals surface area (Å²) in [6.45, 7) is 1.75. The molecule has 0 aliphatic carbocycles. The Bertz CT molecular complexity index is 1060. The molecule has 0 fully saturated rings. The van der Waals surface area contributed by atoms with E-state index in [2.05, 4.69) is 5.32 Å². The summed E-state index contributed by atoms with van der Waals surface area (Å²) in [6, 6.07) is 14.7.